The first kappa shape index (κ1) is 21.7. The van der Waals surface area contributed by atoms with E-state index in [-0.39, 0.29) is 5.56 Å². The highest BCUT2D eigenvalue weighted by Gasteiger charge is 2.16. The zero-order valence-electron chi connectivity index (χ0n) is 15.8. The van der Waals surface area contributed by atoms with E-state index in [1.807, 2.05) is 13.8 Å². The fraction of sp³-hybridized carbons (Fsp3) is 0.250. The van der Waals surface area contributed by atoms with Crippen molar-refractivity contribution < 1.29 is 23.5 Å². The number of carbonyl (C=O) groups excluding carboxylic acids is 2. The molecule has 3 rings (SSSR count). The summed E-state index contributed by atoms with van der Waals surface area (Å²) in [5.74, 6) is -0.867. The van der Waals surface area contributed by atoms with E-state index in [1.165, 1.54) is 19.9 Å². The Morgan fingerprint density at radius 2 is 1.68 bits per heavy atom. The predicted molar refractivity (Wildman–Crippen MR) is 107 cm³/mol. The quantitative estimate of drug-likeness (QED) is 0.384. The van der Waals surface area contributed by atoms with Gasteiger partial charge in [0.05, 0.1) is 5.56 Å². The van der Waals surface area contributed by atoms with Gasteiger partial charge in [-0.1, -0.05) is 37.0 Å². The van der Waals surface area contributed by atoms with Crippen LogP contribution in [0.1, 0.15) is 38.1 Å². The minimum absolute atomic E-state index is 0.239. The first-order valence-corrected chi connectivity index (χ1v) is 9.32. The molecule has 148 valence electrons. The number of rotatable bonds is 4. The molecule has 0 fully saturated rings. The maximum Gasteiger partial charge on any atom is 0.341 e. The highest BCUT2D eigenvalue weighted by Crippen LogP contribution is 2.29. The first-order valence-electron chi connectivity index (χ1n) is 8.57. The van der Waals surface area contributed by atoms with Crippen molar-refractivity contribution in [2.45, 2.75) is 34.0 Å². The number of nitrogens with zero attached hydrogens (tertiary/aromatic N) is 1. The van der Waals surface area contributed by atoms with Gasteiger partial charge in [0.1, 0.15) is 5.52 Å². The van der Waals surface area contributed by atoms with Crippen molar-refractivity contribution in [2.75, 3.05) is 0 Å². The van der Waals surface area contributed by atoms with E-state index in [2.05, 4.69) is 4.98 Å². The lowest BCUT2D eigenvalue weighted by molar-refractivity contribution is -0.162. The number of esters is 2. The van der Waals surface area contributed by atoms with Crippen LogP contribution in [0, 0.1) is 0 Å². The molecule has 28 heavy (non-hydrogen) atoms. The number of carbonyl (C=O) groups is 2. The largest absolute Gasteiger partial charge is 0.436 e. The summed E-state index contributed by atoms with van der Waals surface area (Å²) in [6, 6.07) is 9.63. The maximum absolute atomic E-state index is 12.1. The summed E-state index contributed by atoms with van der Waals surface area (Å²) < 4.78 is 15.5. The number of fused-ring (bicyclic) bond motifs is 1. The van der Waals surface area contributed by atoms with Crippen molar-refractivity contribution in [3.05, 3.63) is 52.0 Å². The molecule has 0 bridgehead atoms. The molecule has 1 heterocycles. The van der Waals surface area contributed by atoms with Gasteiger partial charge in [-0.25, -0.2) is 9.78 Å². The van der Waals surface area contributed by atoms with Crippen LogP contribution in [0.4, 0.5) is 0 Å². The van der Waals surface area contributed by atoms with Crippen LogP contribution in [0.5, 0.6) is 0 Å². The van der Waals surface area contributed by atoms with Crippen molar-refractivity contribution in [1.82, 2.24) is 4.98 Å². The van der Waals surface area contributed by atoms with E-state index >= 15 is 0 Å². The van der Waals surface area contributed by atoms with E-state index in [0.717, 1.165) is 0 Å². The third kappa shape index (κ3) is 5.47. The minimum atomic E-state index is -0.991. The molecule has 0 N–H and O–H groups in total. The van der Waals surface area contributed by atoms with Crippen molar-refractivity contribution >= 4 is 46.2 Å². The van der Waals surface area contributed by atoms with Gasteiger partial charge in [0.2, 0.25) is 12.2 Å². The van der Waals surface area contributed by atoms with Crippen molar-refractivity contribution in [3.63, 3.8) is 0 Å². The van der Waals surface area contributed by atoms with Crippen molar-refractivity contribution in [2.24, 2.45) is 0 Å². The Labute approximate surface area is 172 Å². The predicted octanol–water partition coefficient (Wildman–Crippen LogP) is 5.89. The van der Waals surface area contributed by atoms with E-state index in [9.17, 15) is 9.59 Å². The normalized spacial score (nSPS) is 11.4. The van der Waals surface area contributed by atoms with Crippen LogP contribution in [0.15, 0.2) is 40.8 Å². The first-order chi connectivity index (χ1) is 13.3. The zero-order valence-corrected chi connectivity index (χ0v) is 17.3. The Morgan fingerprint density at radius 3 is 2.29 bits per heavy atom. The van der Waals surface area contributed by atoms with Crippen LogP contribution in [0.3, 0.4) is 0 Å². The summed E-state index contributed by atoms with van der Waals surface area (Å²) in [5.41, 5.74) is 1.81. The van der Waals surface area contributed by atoms with Crippen LogP contribution in [-0.2, 0) is 14.3 Å². The molecule has 0 amide bonds. The fourth-order valence-corrected chi connectivity index (χ4v) is 2.85. The molecular formula is C20H19Cl2NO5. The molecule has 0 radical (unpaired) electrons. The third-order valence-corrected chi connectivity index (χ3v) is 3.78. The molecule has 0 saturated heterocycles. The van der Waals surface area contributed by atoms with Crippen LogP contribution < -0.4 is 0 Å². The molecule has 2 aromatic carbocycles. The van der Waals surface area contributed by atoms with E-state index < -0.39 is 18.2 Å². The third-order valence-electron chi connectivity index (χ3n) is 3.34. The summed E-state index contributed by atoms with van der Waals surface area (Å²) in [4.78, 5) is 27.4. The molecule has 0 aliphatic rings. The number of hydrogen-bond donors (Lipinski definition) is 0. The number of halogens is 2. The molecular weight excluding hydrogens is 405 g/mol. The highest BCUT2D eigenvalue weighted by molar-refractivity contribution is 6.35. The van der Waals surface area contributed by atoms with Gasteiger partial charge in [0, 0.05) is 29.5 Å². The Hall–Kier alpha value is -2.57. The Morgan fingerprint density at radius 1 is 1.04 bits per heavy atom. The van der Waals surface area contributed by atoms with Crippen LogP contribution in [-0.4, -0.2) is 23.2 Å². The Bertz CT molecular complexity index is 979. The summed E-state index contributed by atoms with van der Waals surface area (Å²) in [5, 5.41) is 0.914. The molecule has 1 aromatic heterocycles. The monoisotopic (exact) mass is 423 g/mol. The second kappa shape index (κ2) is 9.57. The second-order valence-electron chi connectivity index (χ2n) is 5.44. The van der Waals surface area contributed by atoms with E-state index in [0.29, 0.717) is 32.6 Å². The Balaban J connectivity index is 0.00000136. The Kier molecular flexibility index (Phi) is 7.43. The van der Waals surface area contributed by atoms with Crippen molar-refractivity contribution in [1.29, 1.82) is 0 Å². The summed E-state index contributed by atoms with van der Waals surface area (Å²) in [6.45, 7) is 6.68. The standard InChI is InChI=1S/C18H13Cl2NO5.C2H6/c1-9(22)24-10(2)25-18(23)11-3-4-15-16(7-11)26-17(21-15)12-5-13(19)8-14(20)6-12;1-2/h3-8,10H,1-2H3;1-2H3. The van der Waals surface area contributed by atoms with E-state index in [4.69, 9.17) is 37.1 Å². The van der Waals surface area contributed by atoms with Gasteiger partial charge in [-0.05, 0) is 36.4 Å². The molecule has 1 unspecified atom stereocenters. The van der Waals surface area contributed by atoms with E-state index in [1.54, 1.807) is 30.3 Å². The average Bonchev–Trinajstić information content (AvgIpc) is 3.05. The molecule has 6 nitrogen and oxygen atoms in total. The van der Waals surface area contributed by atoms with Crippen molar-refractivity contribution in [3.8, 4) is 11.5 Å². The maximum atomic E-state index is 12.1. The molecule has 8 heteroatoms. The molecule has 0 aliphatic carbocycles. The summed E-state index contributed by atoms with van der Waals surface area (Å²) >= 11 is 12.0. The van der Waals surface area contributed by atoms with Gasteiger partial charge in [0.15, 0.2) is 5.58 Å². The number of ether oxygens (including phenoxy) is 2. The van der Waals surface area contributed by atoms with Crippen LogP contribution >= 0.6 is 23.2 Å². The zero-order chi connectivity index (χ0) is 20.8. The van der Waals surface area contributed by atoms with Gasteiger partial charge >= 0.3 is 11.9 Å². The summed E-state index contributed by atoms with van der Waals surface area (Å²) in [7, 11) is 0. The van der Waals surface area contributed by atoms with Crippen LogP contribution in [0.25, 0.3) is 22.6 Å². The summed E-state index contributed by atoms with van der Waals surface area (Å²) in [6.07, 6.45) is -0.991. The SMILES string of the molecule is CC.CC(=O)OC(C)OC(=O)c1ccc2nc(-c3cc(Cl)cc(Cl)c3)oc2c1. The average molecular weight is 424 g/mol. The van der Waals surface area contributed by atoms with Gasteiger partial charge in [-0.3, -0.25) is 4.79 Å². The number of benzene rings is 2. The molecule has 0 spiro atoms. The minimum Gasteiger partial charge on any atom is -0.436 e. The number of oxazole rings is 1. The topological polar surface area (TPSA) is 78.6 Å². The number of aromatic nitrogens is 1. The highest BCUT2D eigenvalue weighted by atomic mass is 35.5. The fourth-order valence-electron chi connectivity index (χ4n) is 2.33. The van der Waals surface area contributed by atoms with Gasteiger partial charge in [-0.2, -0.15) is 0 Å². The lowest BCUT2D eigenvalue weighted by Crippen LogP contribution is -2.20. The second-order valence-corrected chi connectivity index (χ2v) is 6.31. The lowest BCUT2D eigenvalue weighted by Gasteiger charge is -2.12. The van der Waals surface area contributed by atoms with Gasteiger partial charge < -0.3 is 13.9 Å². The van der Waals surface area contributed by atoms with Crippen LogP contribution in [0.2, 0.25) is 10.0 Å². The molecule has 0 saturated carbocycles. The van der Waals surface area contributed by atoms with Gasteiger partial charge in [-0.15, -0.1) is 0 Å². The molecule has 1 atom stereocenters. The smallest absolute Gasteiger partial charge is 0.341 e. The molecule has 3 aromatic rings. The van der Waals surface area contributed by atoms with Gasteiger partial charge in [0.25, 0.3) is 0 Å². The lowest BCUT2D eigenvalue weighted by atomic mass is 10.2. The molecule has 0 aliphatic heterocycles. The number of hydrogen-bond acceptors (Lipinski definition) is 6.